The van der Waals surface area contributed by atoms with Gasteiger partial charge in [0.15, 0.2) is 0 Å². The molecule has 13 heteroatoms. The molecule has 4 N–H and O–H groups in total. The Morgan fingerprint density at radius 2 is 1.05 bits per heavy atom. The van der Waals surface area contributed by atoms with Gasteiger partial charge >= 0.3 is 24.0 Å². The molecule has 1 aliphatic carbocycles. The molecular weight excluding hydrogens is 791 g/mol. The van der Waals surface area contributed by atoms with Gasteiger partial charge < -0.3 is 35.3 Å². The fourth-order valence-electron chi connectivity index (χ4n) is 7.52. The number of rotatable bonds is 28. The molecule has 62 heavy (non-hydrogen) atoms. The van der Waals surface area contributed by atoms with Gasteiger partial charge in [-0.15, -0.1) is 0 Å². The van der Waals surface area contributed by atoms with E-state index >= 15 is 0 Å². The maximum absolute atomic E-state index is 13.0. The molecule has 3 amide bonds. The summed E-state index contributed by atoms with van der Waals surface area (Å²) in [6.07, 6.45) is 14.9. The highest BCUT2D eigenvalue weighted by Crippen LogP contribution is 2.44. The molecule has 0 unspecified atom stereocenters. The number of esters is 2. The van der Waals surface area contributed by atoms with E-state index in [9.17, 15) is 33.9 Å². The van der Waals surface area contributed by atoms with Crippen LogP contribution in [-0.2, 0) is 38.2 Å². The lowest BCUT2D eigenvalue weighted by atomic mass is 9.98. The van der Waals surface area contributed by atoms with E-state index in [0.717, 1.165) is 60.8 Å². The molecular formula is C49H73N3O10. The van der Waals surface area contributed by atoms with Crippen molar-refractivity contribution in [2.75, 3.05) is 13.2 Å². The summed E-state index contributed by atoms with van der Waals surface area (Å²) in [6.45, 7) is 10.4. The number of carbonyl (C=O) groups is 6. The number of alkyl carbamates (subject to hydrolysis) is 1. The lowest BCUT2D eigenvalue weighted by Crippen LogP contribution is -2.49. The van der Waals surface area contributed by atoms with Crippen molar-refractivity contribution in [3.63, 3.8) is 0 Å². The van der Waals surface area contributed by atoms with Gasteiger partial charge in [0, 0.05) is 31.7 Å². The van der Waals surface area contributed by atoms with Crippen LogP contribution in [0.5, 0.6) is 0 Å². The zero-order chi connectivity index (χ0) is 45.5. The Morgan fingerprint density at radius 3 is 1.53 bits per heavy atom. The van der Waals surface area contributed by atoms with Crippen molar-refractivity contribution in [2.45, 2.75) is 186 Å². The van der Waals surface area contributed by atoms with Gasteiger partial charge in [0.2, 0.25) is 11.8 Å². The Balaban J connectivity index is 1.29. The number of ether oxygens (including phenoxy) is 3. The summed E-state index contributed by atoms with van der Waals surface area (Å²) < 4.78 is 16.3. The van der Waals surface area contributed by atoms with Crippen molar-refractivity contribution in [1.82, 2.24) is 16.0 Å². The van der Waals surface area contributed by atoms with E-state index < -0.39 is 53.8 Å². The number of carboxylic acid groups (broad SMARTS) is 1. The van der Waals surface area contributed by atoms with E-state index in [1.54, 1.807) is 20.8 Å². The SMILES string of the molecule is CC(C)(C)OC(=O)CCCCCCCCCCCCCCCCC(=O)N[C@@H](CCC(=O)NC[C@H](NC(=O)OCC1c2ccccc2-c2ccccc21)C(=O)O)C(=O)OC(C)(C)C. The quantitative estimate of drug-likeness (QED) is 0.0365. The van der Waals surface area contributed by atoms with Crippen LogP contribution in [-0.4, -0.2) is 77.4 Å². The zero-order valence-electron chi connectivity index (χ0n) is 38.1. The number of fused-ring (bicyclic) bond motifs is 3. The molecule has 0 saturated carbocycles. The van der Waals surface area contributed by atoms with Crippen molar-refractivity contribution in [3.8, 4) is 11.1 Å². The minimum absolute atomic E-state index is 0.00113. The molecule has 0 aromatic heterocycles. The van der Waals surface area contributed by atoms with Crippen molar-refractivity contribution >= 4 is 35.8 Å². The molecule has 0 bridgehead atoms. The van der Waals surface area contributed by atoms with Gasteiger partial charge in [-0.3, -0.25) is 14.4 Å². The average molecular weight is 864 g/mol. The fraction of sp³-hybridized carbons (Fsp3) is 0.633. The first kappa shape index (κ1) is 51.4. The summed E-state index contributed by atoms with van der Waals surface area (Å²) in [6, 6.07) is 13.2. The standard InChI is InChI=1S/C49H73N3O10/c1-48(2,3)61-44(55)30-20-18-16-14-12-10-8-7-9-11-13-15-17-19-29-43(54)51-40(46(58)62-49(4,5)6)31-32-42(53)50-33-41(45(56)57)52-47(59)60-34-39-37-27-23-21-25-35(37)36-26-22-24-28-38(36)39/h21-28,39-41H,7-20,29-34H2,1-6H3,(H,50,53)(H,51,54)(H,52,59)(H,56,57)/t40-,41-/m0/s1. The van der Waals surface area contributed by atoms with Crippen LogP contribution in [0.4, 0.5) is 4.79 Å². The molecule has 1 aliphatic rings. The third-order valence-electron chi connectivity index (χ3n) is 10.6. The summed E-state index contributed by atoms with van der Waals surface area (Å²) in [4.78, 5) is 75.2. The van der Waals surface area contributed by atoms with Crippen LogP contribution in [0.25, 0.3) is 11.1 Å². The second-order valence-corrected chi connectivity index (χ2v) is 18.4. The van der Waals surface area contributed by atoms with E-state index in [1.807, 2.05) is 69.3 Å². The molecule has 2 aromatic rings. The van der Waals surface area contributed by atoms with Gasteiger partial charge in [-0.05, 0) is 83.1 Å². The molecule has 2 aromatic carbocycles. The highest BCUT2D eigenvalue weighted by atomic mass is 16.6. The van der Waals surface area contributed by atoms with Gasteiger partial charge in [-0.2, -0.15) is 0 Å². The number of aliphatic carboxylic acids is 1. The van der Waals surface area contributed by atoms with Crippen LogP contribution in [0.1, 0.15) is 174 Å². The first-order valence-corrected chi connectivity index (χ1v) is 22.8. The number of nitrogens with one attached hydrogen (secondary N) is 3. The summed E-state index contributed by atoms with van der Waals surface area (Å²) in [5, 5.41) is 17.3. The molecule has 0 fully saturated rings. The van der Waals surface area contributed by atoms with Crippen molar-refractivity contribution in [1.29, 1.82) is 0 Å². The monoisotopic (exact) mass is 864 g/mol. The third kappa shape index (κ3) is 20.3. The van der Waals surface area contributed by atoms with Crippen LogP contribution in [0.2, 0.25) is 0 Å². The van der Waals surface area contributed by atoms with Crippen LogP contribution in [0.15, 0.2) is 48.5 Å². The second kappa shape index (κ2) is 26.5. The average Bonchev–Trinajstić information content (AvgIpc) is 3.51. The molecule has 2 atom stereocenters. The lowest BCUT2D eigenvalue weighted by Gasteiger charge is -2.24. The van der Waals surface area contributed by atoms with Crippen molar-refractivity contribution in [3.05, 3.63) is 59.7 Å². The maximum Gasteiger partial charge on any atom is 0.407 e. The predicted molar refractivity (Wildman–Crippen MR) is 239 cm³/mol. The highest BCUT2D eigenvalue weighted by Gasteiger charge is 2.31. The summed E-state index contributed by atoms with van der Waals surface area (Å²) in [5.74, 6) is -3.19. The van der Waals surface area contributed by atoms with Gasteiger partial charge in [0.25, 0.3) is 0 Å². The molecule has 344 valence electrons. The normalized spacial score (nSPS) is 13.3. The molecule has 0 spiro atoms. The van der Waals surface area contributed by atoms with Gasteiger partial charge in [-0.1, -0.05) is 126 Å². The molecule has 3 rings (SSSR count). The first-order chi connectivity index (χ1) is 29.4. The minimum atomic E-state index is -1.47. The predicted octanol–water partition coefficient (Wildman–Crippen LogP) is 9.28. The Bertz CT molecular complexity index is 1700. The highest BCUT2D eigenvalue weighted by molar-refractivity contribution is 5.86. The van der Waals surface area contributed by atoms with Crippen LogP contribution >= 0.6 is 0 Å². The molecule has 0 radical (unpaired) electrons. The Labute approximate surface area is 369 Å². The number of hydrogen-bond acceptors (Lipinski definition) is 9. The van der Waals surface area contributed by atoms with Gasteiger partial charge in [0.1, 0.15) is 29.9 Å². The third-order valence-corrected chi connectivity index (χ3v) is 10.6. The Kier molecular flexibility index (Phi) is 22.0. The van der Waals surface area contributed by atoms with E-state index in [-0.39, 0.29) is 43.7 Å². The summed E-state index contributed by atoms with van der Waals surface area (Å²) >= 11 is 0. The minimum Gasteiger partial charge on any atom is -0.480 e. The van der Waals surface area contributed by atoms with E-state index in [4.69, 9.17) is 14.2 Å². The second-order valence-electron chi connectivity index (χ2n) is 18.4. The Hall–Kier alpha value is -4.94. The summed E-state index contributed by atoms with van der Waals surface area (Å²) in [5.41, 5.74) is 2.93. The molecule has 0 heterocycles. The van der Waals surface area contributed by atoms with E-state index in [1.165, 1.54) is 44.9 Å². The molecule has 0 saturated heterocycles. The number of benzene rings is 2. The molecule has 13 nitrogen and oxygen atoms in total. The van der Waals surface area contributed by atoms with Crippen molar-refractivity contribution < 1.29 is 48.1 Å². The van der Waals surface area contributed by atoms with Crippen molar-refractivity contribution in [2.24, 2.45) is 0 Å². The number of carbonyl (C=O) groups excluding carboxylic acids is 5. The largest absolute Gasteiger partial charge is 0.480 e. The number of amides is 3. The van der Waals surface area contributed by atoms with Crippen LogP contribution in [0.3, 0.4) is 0 Å². The topological polar surface area (TPSA) is 186 Å². The number of hydrogen-bond donors (Lipinski definition) is 4. The number of unbranched alkanes of at least 4 members (excludes halogenated alkanes) is 13. The van der Waals surface area contributed by atoms with Crippen LogP contribution in [0, 0.1) is 0 Å². The number of carboxylic acids is 1. The Morgan fingerprint density at radius 1 is 0.581 bits per heavy atom. The van der Waals surface area contributed by atoms with Gasteiger partial charge in [-0.25, -0.2) is 14.4 Å². The van der Waals surface area contributed by atoms with E-state index in [2.05, 4.69) is 16.0 Å². The first-order valence-electron chi connectivity index (χ1n) is 22.8. The lowest BCUT2D eigenvalue weighted by molar-refractivity contribution is -0.159. The fourth-order valence-corrected chi connectivity index (χ4v) is 7.52. The molecule has 0 aliphatic heterocycles. The maximum atomic E-state index is 13.0. The van der Waals surface area contributed by atoms with Crippen LogP contribution < -0.4 is 16.0 Å². The van der Waals surface area contributed by atoms with Gasteiger partial charge in [0.05, 0.1) is 0 Å². The zero-order valence-corrected chi connectivity index (χ0v) is 38.1. The summed E-state index contributed by atoms with van der Waals surface area (Å²) in [7, 11) is 0. The van der Waals surface area contributed by atoms with E-state index in [0.29, 0.717) is 12.8 Å². The smallest absolute Gasteiger partial charge is 0.407 e.